The summed E-state index contributed by atoms with van der Waals surface area (Å²) in [6.45, 7) is 2.44. The van der Waals surface area contributed by atoms with Gasteiger partial charge in [0.1, 0.15) is 6.04 Å². The maximum Gasteiger partial charge on any atom is 0.321 e. The number of rotatable bonds is 4. The number of nitrogens with zero attached hydrogens (tertiary/aromatic N) is 4. The summed E-state index contributed by atoms with van der Waals surface area (Å²) in [5.41, 5.74) is 2.75. The number of nitrogens with one attached hydrogen (secondary N) is 1. The molecule has 2 aromatic rings. The van der Waals surface area contributed by atoms with Crippen LogP contribution >= 0.6 is 11.6 Å². The number of carbonyl (C=O) groups is 1. The molecule has 6 nitrogen and oxygen atoms in total. The van der Waals surface area contributed by atoms with Gasteiger partial charge in [0.25, 0.3) is 0 Å². The molecule has 0 bridgehead atoms. The quantitative estimate of drug-likeness (QED) is 0.851. The van der Waals surface area contributed by atoms with Crippen molar-refractivity contribution in [3.05, 3.63) is 59.1 Å². The van der Waals surface area contributed by atoms with Gasteiger partial charge in [-0.25, -0.2) is 4.79 Å². The number of halogens is 1. The molecule has 2 amide bonds. The molecule has 28 heavy (non-hydrogen) atoms. The largest absolute Gasteiger partial charge is 0.378 e. The number of benzene rings is 2. The summed E-state index contributed by atoms with van der Waals surface area (Å²) >= 11 is 5.96. The fourth-order valence-electron chi connectivity index (χ4n) is 3.27. The van der Waals surface area contributed by atoms with Crippen LogP contribution in [0.1, 0.15) is 11.6 Å². The van der Waals surface area contributed by atoms with E-state index in [-0.39, 0.29) is 12.1 Å². The van der Waals surface area contributed by atoms with Crippen molar-refractivity contribution in [1.82, 2.24) is 9.80 Å². The highest BCUT2D eigenvalue weighted by atomic mass is 35.5. The lowest BCUT2D eigenvalue weighted by Crippen LogP contribution is -2.50. The van der Waals surface area contributed by atoms with E-state index in [1.165, 1.54) is 0 Å². The monoisotopic (exact) mass is 397 g/mol. The maximum atomic E-state index is 12.5. The Labute approximate surface area is 170 Å². The Balaban J connectivity index is 1.59. The molecular weight excluding hydrogens is 374 g/mol. The molecule has 0 radical (unpaired) electrons. The van der Waals surface area contributed by atoms with Gasteiger partial charge in [-0.3, -0.25) is 4.90 Å². The third kappa shape index (κ3) is 4.75. The topological polar surface area (TPSA) is 62.6 Å². The molecular formula is C21H24ClN5O. The summed E-state index contributed by atoms with van der Waals surface area (Å²) in [5.74, 6) is 0. The summed E-state index contributed by atoms with van der Waals surface area (Å²) in [7, 11) is 3.98. The Kier molecular flexibility index (Phi) is 6.40. The lowest BCUT2D eigenvalue weighted by molar-refractivity contribution is 0.131. The second-order valence-electron chi connectivity index (χ2n) is 6.98. The molecule has 2 aromatic carbocycles. The van der Waals surface area contributed by atoms with Crippen molar-refractivity contribution in [1.29, 1.82) is 5.26 Å². The van der Waals surface area contributed by atoms with Gasteiger partial charge in [-0.15, -0.1) is 0 Å². The number of urea groups is 1. The molecule has 0 spiro atoms. The molecule has 1 aliphatic rings. The van der Waals surface area contributed by atoms with E-state index in [0.717, 1.165) is 11.3 Å². The fraction of sp³-hybridized carbons (Fsp3) is 0.333. The maximum absolute atomic E-state index is 12.5. The minimum atomic E-state index is -0.311. The van der Waals surface area contributed by atoms with E-state index in [4.69, 9.17) is 11.6 Å². The van der Waals surface area contributed by atoms with E-state index in [1.807, 2.05) is 49.3 Å². The van der Waals surface area contributed by atoms with Crippen LogP contribution in [0.25, 0.3) is 0 Å². The standard InChI is InChI=1S/C21H24ClN5O/c1-25(2)19-8-6-16(7-9-19)20(15-23)26-10-12-27(13-11-26)21(28)24-18-5-3-4-17(22)14-18/h3-9,14,20H,10-13H2,1-2H3,(H,24,28). The van der Waals surface area contributed by atoms with E-state index < -0.39 is 0 Å². The molecule has 7 heteroatoms. The number of nitriles is 1. The summed E-state index contributed by atoms with van der Waals surface area (Å²) in [6.07, 6.45) is 0. The van der Waals surface area contributed by atoms with Gasteiger partial charge in [0.15, 0.2) is 0 Å². The minimum Gasteiger partial charge on any atom is -0.378 e. The lowest BCUT2D eigenvalue weighted by atomic mass is 10.0. The van der Waals surface area contributed by atoms with Gasteiger partial charge in [0.05, 0.1) is 6.07 Å². The normalized spacial score (nSPS) is 15.6. The molecule has 3 rings (SSSR count). The van der Waals surface area contributed by atoms with Crippen molar-refractivity contribution >= 4 is 29.0 Å². The van der Waals surface area contributed by atoms with Crippen LogP contribution < -0.4 is 10.2 Å². The van der Waals surface area contributed by atoms with Crippen molar-refractivity contribution in [2.45, 2.75) is 6.04 Å². The van der Waals surface area contributed by atoms with Crippen LogP contribution in [0.2, 0.25) is 5.02 Å². The highest BCUT2D eigenvalue weighted by molar-refractivity contribution is 6.30. The van der Waals surface area contributed by atoms with Gasteiger partial charge in [-0.2, -0.15) is 5.26 Å². The fourth-order valence-corrected chi connectivity index (χ4v) is 3.46. The van der Waals surface area contributed by atoms with Gasteiger partial charge in [-0.05, 0) is 35.9 Å². The average molecular weight is 398 g/mol. The first-order valence-corrected chi connectivity index (χ1v) is 9.58. The second-order valence-corrected chi connectivity index (χ2v) is 7.42. The zero-order valence-corrected chi connectivity index (χ0v) is 16.9. The van der Waals surface area contributed by atoms with E-state index in [0.29, 0.717) is 36.9 Å². The summed E-state index contributed by atoms with van der Waals surface area (Å²) in [6, 6.07) is 17.1. The SMILES string of the molecule is CN(C)c1ccc(C(C#N)N2CCN(C(=O)Nc3cccc(Cl)c3)CC2)cc1. The third-order valence-corrected chi connectivity index (χ3v) is 5.13. The predicted molar refractivity (Wildman–Crippen MR) is 113 cm³/mol. The first-order chi connectivity index (χ1) is 13.5. The number of hydrogen-bond donors (Lipinski definition) is 1. The zero-order valence-electron chi connectivity index (χ0n) is 16.1. The van der Waals surface area contributed by atoms with Crippen LogP contribution in [0.3, 0.4) is 0 Å². The van der Waals surface area contributed by atoms with E-state index in [9.17, 15) is 10.1 Å². The van der Waals surface area contributed by atoms with Gasteiger partial charge < -0.3 is 15.1 Å². The van der Waals surface area contributed by atoms with Crippen LogP contribution in [0, 0.1) is 11.3 Å². The number of piperazine rings is 1. The molecule has 1 fully saturated rings. The van der Waals surface area contributed by atoms with Crippen LogP contribution in [0.5, 0.6) is 0 Å². The minimum absolute atomic E-state index is 0.147. The van der Waals surface area contributed by atoms with Crippen molar-refractivity contribution in [3.8, 4) is 6.07 Å². The first kappa shape index (κ1) is 20.0. The molecule has 1 atom stereocenters. The molecule has 0 saturated carbocycles. The Morgan fingerprint density at radius 2 is 1.82 bits per heavy atom. The van der Waals surface area contributed by atoms with E-state index in [2.05, 4.69) is 16.3 Å². The Morgan fingerprint density at radius 1 is 1.14 bits per heavy atom. The van der Waals surface area contributed by atoms with Crippen molar-refractivity contribution in [2.24, 2.45) is 0 Å². The predicted octanol–water partition coefficient (Wildman–Crippen LogP) is 3.82. The van der Waals surface area contributed by atoms with Crippen LogP contribution in [-0.4, -0.2) is 56.1 Å². The summed E-state index contributed by atoms with van der Waals surface area (Å²) in [4.78, 5) is 18.4. The number of anilines is 2. The number of carbonyl (C=O) groups excluding carboxylic acids is 1. The third-order valence-electron chi connectivity index (χ3n) is 4.89. The molecule has 146 valence electrons. The van der Waals surface area contributed by atoms with Gasteiger partial charge in [-0.1, -0.05) is 29.8 Å². The number of amides is 2. The summed E-state index contributed by atoms with van der Waals surface area (Å²) in [5, 5.41) is 13.2. The molecule has 1 aliphatic heterocycles. The smallest absolute Gasteiger partial charge is 0.321 e. The van der Waals surface area contributed by atoms with Crippen molar-refractivity contribution < 1.29 is 4.79 Å². The van der Waals surface area contributed by atoms with Crippen LogP contribution in [0.15, 0.2) is 48.5 Å². The Hall–Kier alpha value is -2.75. The van der Waals surface area contributed by atoms with Crippen molar-refractivity contribution in [2.75, 3.05) is 50.5 Å². The molecule has 1 saturated heterocycles. The molecule has 0 aliphatic carbocycles. The lowest BCUT2D eigenvalue weighted by Gasteiger charge is -2.37. The highest BCUT2D eigenvalue weighted by Crippen LogP contribution is 2.24. The Morgan fingerprint density at radius 3 is 2.39 bits per heavy atom. The Bertz CT molecular complexity index is 854. The number of hydrogen-bond acceptors (Lipinski definition) is 4. The summed E-state index contributed by atoms with van der Waals surface area (Å²) < 4.78 is 0. The van der Waals surface area contributed by atoms with Crippen molar-refractivity contribution in [3.63, 3.8) is 0 Å². The molecule has 1 N–H and O–H groups in total. The first-order valence-electron chi connectivity index (χ1n) is 9.20. The van der Waals surface area contributed by atoms with Crippen LogP contribution in [0.4, 0.5) is 16.2 Å². The molecule has 1 unspecified atom stereocenters. The van der Waals surface area contributed by atoms with Gasteiger partial charge in [0.2, 0.25) is 0 Å². The highest BCUT2D eigenvalue weighted by Gasteiger charge is 2.27. The van der Waals surface area contributed by atoms with Crippen LogP contribution in [-0.2, 0) is 0 Å². The van der Waals surface area contributed by atoms with Gasteiger partial charge >= 0.3 is 6.03 Å². The van der Waals surface area contributed by atoms with E-state index in [1.54, 1.807) is 23.1 Å². The molecule has 0 aromatic heterocycles. The zero-order chi connectivity index (χ0) is 20.1. The second kappa shape index (κ2) is 8.96. The average Bonchev–Trinajstić information content (AvgIpc) is 2.69. The van der Waals surface area contributed by atoms with E-state index >= 15 is 0 Å². The van der Waals surface area contributed by atoms with Gasteiger partial charge in [0, 0.05) is 56.7 Å². The molecule has 1 heterocycles.